The van der Waals surface area contributed by atoms with E-state index in [-0.39, 0.29) is 22.3 Å². The Morgan fingerprint density at radius 2 is 1.75 bits per heavy atom. The molecule has 11 heteroatoms. The van der Waals surface area contributed by atoms with Gasteiger partial charge in [0.15, 0.2) is 0 Å². The van der Waals surface area contributed by atoms with Crippen LogP contribution in [0.4, 0.5) is 14.5 Å². The van der Waals surface area contributed by atoms with Crippen LogP contribution in [0.1, 0.15) is 0 Å². The highest BCUT2D eigenvalue weighted by Crippen LogP contribution is 2.34. The Bertz CT molecular complexity index is 1140. The molecule has 0 aliphatic carbocycles. The third kappa shape index (κ3) is 4.54. The molecule has 3 rings (SSSR count). The largest absolute Gasteiger partial charge is 0.435 e. The molecule has 0 amide bonds. The van der Waals surface area contributed by atoms with Crippen LogP contribution in [0.15, 0.2) is 58.0 Å². The summed E-state index contributed by atoms with van der Waals surface area (Å²) in [6.07, 6.45) is 1.37. The first-order valence-electron chi connectivity index (χ1n) is 7.42. The monoisotopic (exact) mass is 508 g/mol. The van der Waals surface area contributed by atoms with Gasteiger partial charge in [0, 0.05) is 11.2 Å². The maximum atomic E-state index is 13.7. The molecule has 0 aliphatic rings. The molecule has 146 valence electrons. The van der Waals surface area contributed by atoms with Crippen molar-refractivity contribution >= 4 is 54.8 Å². The summed E-state index contributed by atoms with van der Waals surface area (Å²) in [4.78, 5) is 3.36. The lowest BCUT2D eigenvalue weighted by atomic mass is 10.3. The molecule has 1 aromatic heterocycles. The molecule has 1 heterocycles. The Morgan fingerprint density at radius 1 is 1.07 bits per heavy atom. The van der Waals surface area contributed by atoms with Crippen molar-refractivity contribution in [3.63, 3.8) is 0 Å². The lowest BCUT2D eigenvalue weighted by Crippen LogP contribution is -2.14. The second-order valence-electron chi connectivity index (χ2n) is 5.34. The van der Waals surface area contributed by atoms with Gasteiger partial charge in [0.25, 0.3) is 10.0 Å². The van der Waals surface area contributed by atoms with Crippen molar-refractivity contribution in [2.45, 2.75) is 4.90 Å². The number of hydrogen-bond donors (Lipinski definition) is 1. The minimum absolute atomic E-state index is 0.0581. The molecular formula is C17H9BrCl2F2N2O3S. The third-order valence-electron chi connectivity index (χ3n) is 3.38. The van der Waals surface area contributed by atoms with Crippen molar-refractivity contribution in [1.29, 1.82) is 0 Å². The second kappa shape index (κ2) is 8.20. The van der Waals surface area contributed by atoms with Crippen LogP contribution in [0.25, 0.3) is 0 Å². The van der Waals surface area contributed by atoms with E-state index in [0.29, 0.717) is 17.2 Å². The number of hydrogen-bond acceptors (Lipinski definition) is 4. The highest BCUT2D eigenvalue weighted by molar-refractivity contribution is 9.10. The number of nitrogens with one attached hydrogen (secondary N) is 1. The van der Waals surface area contributed by atoms with Gasteiger partial charge in [-0.25, -0.2) is 22.2 Å². The maximum Gasteiger partial charge on any atom is 0.262 e. The van der Waals surface area contributed by atoms with E-state index in [1.165, 1.54) is 36.5 Å². The average Bonchev–Trinajstić information content (AvgIpc) is 2.63. The molecule has 0 bridgehead atoms. The first-order chi connectivity index (χ1) is 13.2. The van der Waals surface area contributed by atoms with E-state index >= 15 is 0 Å². The number of ether oxygens (including phenoxy) is 1. The highest BCUT2D eigenvalue weighted by Gasteiger charge is 2.21. The fourth-order valence-corrected chi connectivity index (χ4v) is 3.86. The van der Waals surface area contributed by atoms with Gasteiger partial charge in [-0.3, -0.25) is 4.72 Å². The summed E-state index contributed by atoms with van der Waals surface area (Å²) in [7, 11) is -4.33. The summed E-state index contributed by atoms with van der Waals surface area (Å²) in [5.41, 5.74) is -0.0581. The fourth-order valence-electron chi connectivity index (χ4n) is 2.10. The zero-order valence-electron chi connectivity index (χ0n) is 13.6. The number of sulfonamides is 1. The van der Waals surface area contributed by atoms with E-state index in [1.807, 2.05) is 0 Å². The van der Waals surface area contributed by atoms with E-state index in [9.17, 15) is 17.2 Å². The van der Waals surface area contributed by atoms with Crippen LogP contribution in [0.5, 0.6) is 11.6 Å². The number of rotatable bonds is 5. The molecular weight excluding hydrogens is 501 g/mol. The molecule has 5 nitrogen and oxygen atoms in total. The number of aromatic nitrogens is 1. The summed E-state index contributed by atoms with van der Waals surface area (Å²) >= 11 is 14.6. The van der Waals surface area contributed by atoms with Crippen LogP contribution in [0.3, 0.4) is 0 Å². The van der Waals surface area contributed by atoms with Gasteiger partial charge in [-0.1, -0.05) is 23.2 Å². The van der Waals surface area contributed by atoms with Gasteiger partial charge in [-0.05, 0) is 58.4 Å². The third-order valence-corrected chi connectivity index (χ3v) is 6.02. The Balaban J connectivity index is 1.95. The molecule has 0 unspecified atom stereocenters. The van der Waals surface area contributed by atoms with Crippen LogP contribution in [0, 0.1) is 11.6 Å². The molecule has 28 heavy (non-hydrogen) atoms. The molecule has 2 aromatic carbocycles. The second-order valence-corrected chi connectivity index (χ2v) is 8.66. The van der Waals surface area contributed by atoms with Gasteiger partial charge < -0.3 is 4.74 Å². The molecule has 0 saturated heterocycles. The Hall–Kier alpha value is -1.94. The van der Waals surface area contributed by atoms with Crippen molar-refractivity contribution in [2.75, 3.05) is 4.72 Å². The van der Waals surface area contributed by atoms with Crippen LogP contribution in [-0.2, 0) is 10.0 Å². The van der Waals surface area contributed by atoms with Gasteiger partial charge in [0.2, 0.25) is 5.88 Å². The molecule has 0 atom stereocenters. The summed E-state index contributed by atoms with van der Waals surface area (Å²) in [5, 5.41) is 0.572. The van der Waals surface area contributed by atoms with Gasteiger partial charge in [0.1, 0.15) is 23.1 Å². The van der Waals surface area contributed by atoms with Crippen LogP contribution < -0.4 is 9.46 Å². The Morgan fingerprint density at radius 3 is 2.39 bits per heavy atom. The topological polar surface area (TPSA) is 68.3 Å². The number of pyridine rings is 1. The lowest BCUT2D eigenvalue weighted by Gasteiger charge is -2.13. The Labute approximate surface area is 177 Å². The van der Waals surface area contributed by atoms with Gasteiger partial charge in [0.05, 0.1) is 14.4 Å². The quantitative estimate of drug-likeness (QED) is 0.427. The van der Waals surface area contributed by atoms with Gasteiger partial charge in [-0.2, -0.15) is 0 Å². The summed E-state index contributed by atoms with van der Waals surface area (Å²) in [5.74, 6) is -2.05. The average molecular weight is 510 g/mol. The van der Waals surface area contributed by atoms with Crippen LogP contribution >= 0.6 is 39.1 Å². The fraction of sp³-hybridized carbons (Fsp3) is 0. The molecule has 0 aliphatic heterocycles. The molecule has 0 fully saturated rings. The standard InChI is InChI=1S/C17H9BrCl2F2N2O3S/c18-16-12(21)7-10(8-13(16)22)28(25,26)24-14-2-1-5-23-17(14)27-15-4-3-9(19)6-11(15)20/h1-8,24H. The normalized spacial score (nSPS) is 11.3. The lowest BCUT2D eigenvalue weighted by molar-refractivity contribution is 0.465. The SMILES string of the molecule is O=S(=O)(Nc1cccnc1Oc1ccc(Cl)cc1Cl)c1cc(F)c(Br)c(F)c1. The van der Waals surface area contributed by atoms with Crippen molar-refractivity contribution in [2.24, 2.45) is 0 Å². The number of halogens is 5. The minimum atomic E-state index is -4.33. The van der Waals surface area contributed by atoms with Crippen molar-refractivity contribution in [3.05, 3.63) is 74.8 Å². The van der Waals surface area contributed by atoms with Crippen LogP contribution in [0.2, 0.25) is 10.0 Å². The minimum Gasteiger partial charge on any atom is -0.435 e. The molecule has 0 saturated carbocycles. The predicted molar refractivity (Wildman–Crippen MR) is 106 cm³/mol. The van der Waals surface area contributed by atoms with Crippen molar-refractivity contribution in [3.8, 4) is 11.6 Å². The summed E-state index contributed by atoms with van der Waals surface area (Å²) in [6.45, 7) is 0. The van der Waals surface area contributed by atoms with Gasteiger partial charge >= 0.3 is 0 Å². The maximum absolute atomic E-state index is 13.7. The van der Waals surface area contributed by atoms with Gasteiger partial charge in [-0.15, -0.1) is 0 Å². The van der Waals surface area contributed by atoms with Crippen LogP contribution in [-0.4, -0.2) is 13.4 Å². The van der Waals surface area contributed by atoms with E-state index in [0.717, 1.165) is 0 Å². The van der Waals surface area contributed by atoms with E-state index in [4.69, 9.17) is 27.9 Å². The molecule has 0 spiro atoms. The predicted octanol–water partition coefficient (Wildman–Crippen LogP) is 6.02. The molecule has 3 aromatic rings. The summed E-state index contributed by atoms with van der Waals surface area (Å²) in [6, 6.07) is 8.65. The zero-order chi connectivity index (χ0) is 20.5. The van der Waals surface area contributed by atoms with Crippen molar-refractivity contribution < 1.29 is 21.9 Å². The molecule has 1 N–H and O–H groups in total. The number of nitrogens with zero attached hydrogens (tertiary/aromatic N) is 1. The summed E-state index contributed by atoms with van der Waals surface area (Å²) < 4.78 is 59.8. The Kier molecular flexibility index (Phi) is 6.09. The first-order valence-corrected chi connectivity index (χ1v) is 10.5. The number of anilines is 1. The first kappa shape index (κ1) is 20.8. The van der Waals surface area contributed by atoms with E-state index < -0.39 is 31.0 Å². The van der Waals surface area contributed by atoms with E-state index in [2.05, 4.69) is 25.6 Å². The smallest absolute Gasteiger partial charge is 0.262 e. The highest BCUT2D eigenvalue weighted by atomic mass is 79.9. The van der Waals surface area contributed by atoms with Crippen molar-refractivity contribution in [1.82, 2.24) is 4.98 Å². The zero-order valence-corrected chi connectivity index (χ0v) is 17.5. The number of benzene rings is 2. The van der Waals surface area contributed by atoms with E-state index in [1.54, 1.807) is 0 Å². The molecule has 0 radical (unpaired) electrons.